The fourth-order valence-corrected chi connectivity index (χ4v) is 1.99. The van der Waals surface area contributed by atoms with E-state index in [1.165, 1.54) is 0 Å². The summed E-state index contributed by atoms with van der Waals surface area (Å²) in [6, 6.07) is 5.38. The third kappa shape index (κ3) is 2.84. The van der Waals surface area contributed by atoms with Crippen LogP contribution in [0.4, 0.5) is 27.6 Å². The minimum Gasteiger partial charge on any atom is -0.376 e. The van der Waals surface area contributed by atoms with E-state index in [1.807, 2.05) is 13.0 Å². The molecule has 0 saturated heterocycles. The quantitative estimate of drug-likeness (QED) is 0.496. The first-order valence-corrected chi connectivity index (χ1v) is 6.14. The van der Waals surface area contributed by atoms with Gasteiger partial charge >= 0.3 is 0 Å². The Morgan fingerprint density at radius 3 is 1.86 bits per heavy atom. The van der Waals surface area contributed by atoms with Crippen molar-refractivity contribution in [1.29, 1.82) is 0 Å². The molecule has 0 saturated carbocycles. The van der Waals surface area contributed by atoms with Crippen molar-refractivity contribution >= 4 is 5.69 Å². The number of aryl methyl sites for hydroxylation is 2. The molecule has 0 aliphatic rings. The lowest BCUT2D eigenvalue weighted by Crippen LogP contribution is -2.10. The molecule has 0 unspecified atom stereocenters. The van der Waals surface area contributed by atoms with Gasteiger partial charge in [-0.3, -0.25) is 0 Å². The highest BCUT2D eigenvalue weighted by atomic mass is 19.2. The number of hydrogen-bond acceptors (Lipinski definition) is 1. The summed E-state index contributed by atoms with van der Waals surface area (Å²) >= 11 is 0. The Labute approximate surface area is 118 Å². The van der Waals surface area contributed by atoms with Gasteiger partial charge in [-0.2, -0.15) is 0 Å². The van der Waals surface area contributed by atoms with E-state index in [0.717, 1.165) is 11.1 Å². The van der Waals surface area contributed by atoms with E-state index < -0.39 is 34.8 Å². The lowest BCUT2D eigenvalue weighted by molar-refractivity contribution is 0.381. The highest BCUT2D eigenvalue weighted by Gasteiger charge is 2.25. The largest absolute Gasteiger partial charge is 0.376 e. The summed E-state index contributed by atoms with van der Waals surface area (Å²) in [7, 11) is 0. The number of nitrogens with one attached hydrogen (secondary N) is 1. The zero-order chi connectivity index (χ0) is 15.7. The van der Waals surface area contributed by atoms with E-state index >= 15 is 0 Å². The second-order valence-corrected chi connectivity index (χ2v) is 4.73. The van der Waals surface area contributed by atoms with Crippen LogP contribution in [0, 0.1) is 42.9 Å². The summed E-state index contributed by atoms with van der Waals surface area (Å²) in [5.41, 5.74) is 1.54. The van der Waals surface area contributed by atoms with E-state index in [0.29, 0.717) is 5.56 Å². The molecule has 1 N–H and O–H groups in total. The van der Waals surface area contributed by atoms with Crippen molar-refractivity contribution in [3.63, 3.8) is 0 Å². The molecule has 21 heavy (non-hydrogen) atoms. The monoisotopic (exact) mass is 301 g/mol. The lowest BCUT2D eigenvalue weighted by atomic mass is 10.1. The van der Waals surface area contributed by atoms with Crippen LogP contribution in [0.25, 0.3) is 0 Å². The molecule has 0 spiro atoms. The topological polar surface area (TPSA) is 12.0 Å². The molecule has 0 aliphatic carbocycles. The lowest BCUT2D eigenvalue weighted by Gasteiger charge is -2.12. The first kappa shape index (κ1) is 15.3. The fraction of sp³-hybridized carbons (Fsp3) is 0.200. The van der Waals surface area contributed by atoms with Crippen molar-refractivity contribution in [3.8, 4) is 0 Å². The average molecular weight is 301 g/mol. The molecule has 2 aromatic carbocycles. The molecule has 0 fully saturated rings. The minimum absolute atomic E-state index is 0.0511. The highest BCUT2D eigenvalue weighted by molar-refractivity contribution is 5.48. The maximum absolute atomic E-state index is 13.5. The van der Waals surface area contributed by atoms with Crippen LogP contribution >= 0.6 is 0 Å². The zero-order valence-corrected chi connectivity index (χ0v) is 11.3. The molecular formula is C15H12F5N. The number of rotatable bonds is 3. The van der Waals surface area contributed by atoms with Crippen LogP contribution in [0.1, 0.15) is 16.7 Å². The van der Waals surface area contributed by atoms with Crippen LogP contribution in [0.3, 0.4) is 0 Å². The molecule has 0 bridgehead atoms. The minimum atomic E-state index is -2.16. The molecule has 0 atom stereocenters. The number of hydrogen-bond donors (Lipinski definition) is 1. The predicted octanol–water partition coefficient (Wildman–Crippen LogP) is 4.61. The Kier molecular flexibility index (Phi) is 4.16. The third-order valence-electron chi connectivity index (χ3n) is 3.16. The van der Waals surface area contributed by atoms with Crippen molar-refractivity contribution in [3.05, 3.63) is 64.0 Å². The highest BCUT2D eigenvalue weighted by Crippen LogP contribution is 2.27. The smallest absolute Gasteiger partial charge is 0.200 e. The van der Waals surface area contributed by atoms with Crippen LogP contribution in [-0.2, 0) is 6.54 Å². The van der Waals surface area contributed by atoms with E-state index in [2.05, 4.69) is 5.32 Å². The van der Waals surface area contributed by atoms with Gasteiger partial charge in [0.2, 0.25) is 5.82 Å². The molecule has 2 rings (SSSR count). The Bertz CT molecular complexity index is 668. The van der Waals surface area contributed by atoms with Gasteiger partial charge in [-0.1, -0.05) is 23.8 Å². The van der Waals surface area contributed by atoms with Crippen molar-refractivity contribution in [2.75, 3.05) is 5.32 Å². The molecule has 0 aromatic heterocycles. The SMILES string of the molecule is Cc1ccc(CNc2c(F)c(F)c(F)c(F)c2F)c(C)c1. The van der Waals surface area contributed by atoms with Gasteiger partial charge in [0.15, 0.2) is 23.3 Å². The van der Waals surface area contributed by atoms with Gasteiger partial charge in [0, 0.05) is 6.54 Å². The molecule has 0 aliphatic heterocycles. The van der Waals surface area contributed by atoms with Gasteiger partial charge in [-0.05, 0) is 25.0 Å². The summed E-state index contributed by atoms with van der Waals surface area (Å²) in [4.78, 5) is 0. The Hall–Kier alpha value is -2.11. The van der Waals surface area contributed by atoms with Crippen LogP contribution < -0.4 is 5.32 Å². The van der Waals surface area contributed by atoms with Gasteiger partial charge in [-0.25, -0.2) is 22.0 Å². The van der Waals surface area contributed by atoms with Crippen LogP contribution in [-0.4, -0.2) is 0 Å². The third-order valence-corrected chi connectivity index (χ3v) is 3.16. The van der Waals surface area contributed by atoms with E-state index in [1.54, 1.807) is 19.1 Å². The molecule has 0 amide bonds. The summed E-state index contributed by atoms with van der Waals surface area (Å²) in [5, 5.41) is 2.27. The van der Waals surface area contributed by atoms with Crippen molar-refractivity contribution in [2.24, 2.45) is 0 Å². The predicted molar refractivity (Wildman–Crippen MR) is 69.5 cm³/mol. The normalized spacial score (nSPS) is 10.8. The van der Waals surface area contributed by atoms with Crippen molar-refractivity contribution in [1.82, 2.24) is 0 Å². The zero-order valence-electron chi connectivity index (χ0n) is 11.3. The molecule has 0 heterocycles. The molecular weight excluding hydrogens is 289 g/mol. The maximum atomic E-state index is 13.5. The average Bonchev–Trinajstić information content (AvgIpc) is 2.45. The van der Waals surface area contributed by atoms with Gasteiger partial charge in [-0.15, -0.1) is 0 Å². The first-order valence-electron chi connectivity index (χ1n) is 6.14. The second-order valence-electron chi connectivity index (χ2n) is 4.73. The molecule has 1 nitrogen and oxygen atoms in total. The van der Waals surface area contributed by atoms with E-state index in [4.69, 9.17) is 0 Å². The van der Waals surface area contributed by atoms with Crippen LogP contribution in [0.5, 0.6) is 0 Å². The maximum Gasteiger partial charge on any atom is 0.200 e. The number of anilines is 1. The molecule has 6 heteroatoms. The van der Waals surface area contributed by atoms with Crippen molar-refractivity contribution in [2.45, 2.75) is 20.4 Å². The number of halogens is 5. The summed E-state index contributed by atoms with van der Waals surface area (Å²) in [5.74, 6) is -9.82. The van der Waals surface area contributed by atoms with Gasteiger partial charge in [0.25, 0.3) is 0 Å². The van der Waals surface area contributed by atoms with Gasteiger partial charge in [0.05, 0.1) is 0 Å². The molecule has 2 aromatic rings. The molecule has 112 valence electrons. The van der Waals surface area contributed by atoms with Crippen LogP contribution in [0.15, 0.2) is 18.2 Å². The Morgan fingerprint density at radius 2 is 1.33 bits per heavy atom. The Balaban J connectivity index is 2.32. The van der Waals surface area contributed by atoms with Crippen LogP contribution in [0.2, 0.25) is 0 Å². The van der Waals surface area contributed by atoms with Gasteiger partial charge in [0.1, 0.15) is 5.69 Å². The summed E-state index contributed by atoms with van der Waals surface area (Å²) in [6.07, 6.45) is 0. The molecule has 0 radical (unpaired) electrons. The fourth-order valence-electron chi connectivity index (χ4n) is 1.99. The Morgan fingerprint density at radius 1 is 0.810 bits per heavy atom. The standard InChI is InChI=1S/C15H12F5N/c1-7-3-4-9(8(2)5-7)6-21-15-13(19)11(17)10(16)12(18)14(15)20/h3-5,21H,6H2,1-2H3. The first-order chi connectivity index (χ1) is 9.82. The van der Waals surface area contributed by atoms with E-state index in [9.17, 15) is 22.0 Å². The summed E-state index contributed by atoms with van der Waals surface area (Å²) in [6.45, 7) is 3.63. The van der Waals surface area contributed by atoms with Crippen molar-refractivity contribution < 1.29 is 22.0 Å². The van der Waals surface area contributed by atoms with E-state index in [-0.39, 0.29) is 6.54 Å². The summed E-state index contributed by atoms with van der Waals surface area (Å²) < 4.78 is 66.0. The van der Waals surface area contributed by atoms with Gasteiger partial charge < -0.3 is 5.32 Å². The second kappa shape index (κ2) is 5.71. The number of benzene rings is 2.